The van der Waals surface area contributed by atoms with Crippen molar-refractivity contribution in [3.63, 3.8) is 0 Å². The Kier molecular flexibility index (Phi) is 4.21. The van der Waals surface area contributed by atoms with Crippen LogP contribution < -0.4 is 0 Å². The van der Waals surface area contributed by atoms with Gasteiger partial charge in [-0.25, -0.2) is 0 Å². The minimum absolute atomic E-state index is 0.116. The summed E-state index contributed by atoms with van der Waals surface area (Å²) in [5, 5.41) is 11.5. The van der Waals surface area contributed by atoms with Crippen molar-refractivity contribution in [2.45, 2.75) is 57.1 Å². The minimum Gasteiger partial charge on any atom is -0.393 e. The molecule has 1 aromatic carbocycles. The summed E-state index contributed by atoms with van der Waals surface area (Å²) in [6.45, 7) is 4.29. The molecule has 2 fully saturated rings. The fourth-order valence-electron chi connectivity index (χ4n) is 4.59. The third kappa shape index (κ3) is 2.73. The molecule has 1 saturated heterocycles. The van der Waals surface area contributed by atoms with Crippen molar-refractivity contribution in [2.24, 2.45) is 5.92 Å². The van der Waals surface area contributed by atoms with Crippen molar-refractivity contribution in [2.75, 3.05) is 13.1 Å². The van der Waals surface area contributed by atoms with Gasteiger partial charge < -0.3 is 5.11 Å². The number of rotatable bonds is 2. The van der Waals surface area contributed by atoms with Crippen LogP contribution in [0, 0.1) is 5.92 Å². The lowest BCUT2D eigenvalue weighted by Crippen LogP contribution is -2.53. The lowest BCUT2D eigenvalue weighted by atomic mass is 9.77. The van der Waals surface area contributed by atoms with E-state index in [0.29, 0.717) is 5.92 Å². The first kappa shape index (κ1) is 15.6. The number of hydrogen-bond acceptors (Lipinski definition) is 3. The van der Waals surface area contributed by atoms with E-state index in [4.69, 9.17) is 0 Å². The van der Waals surface area contributed by atoms with E-state index in [2.05, 4.69) is 42.2 Å². The Labute approximate surface area is 143 Å². The predicted octanol–water partition coefficient (Wildman–Crippen LogP) is 4.76. The molecule has 1 aliphatic carbocycles. The van der Waals surface area contributed by atoms with Gasteiger partial charge in [-0.1, -0.05) is 44.4 Å². The first-order valence-corrected chi connectivity index (χ1v) is 9.93. The molecule has 124 valence electrons. The van der Waals surface area contributed by atoms with Crippen molar-refractivity contribution in [1.29, 1.82) is 0 Å². The van der Waals surface area contributed by atoms with E-state index in [9.17, 15) is 5.11 Å². The van der Waals surface area contributed by atoms with Crippen LogP contribution >= 0.6 is 11.3 Å². The van der Waals surface area contributed by atoms with E-state index in [-0.39, 0.29) is 11.6 Å². The molecule has 2 atom stereocenters. The number of fused-ring (bicyclic) bond motifs is 1. The number of piperidine rings is 1. The standard InChI is InChI=1S/C20H27NOS/c1-15-14-21(12-9-17(15)22)20(10-5-2-6-11-20)19-13-16-7-3-4-8-18(16)23-19/h3-4,7-8,13,15,17,22H,2,5-6,9-12,14H2,1H3. The number of nitrogens with zero attached hydrogens (tertiary/aromatic N) is 1. The largest absolute Gasteiger partial charge is 0.393 e. The smallest absolute Gasteiger partial charge is 0.0590 e. The Balaban J connectivity index is 1.74. The zero-order valence-electron chi connectivity index (χ0n) is 14.0. The fraction of sp³-hybridized carbons (Fsp3) is 0.600. The van der Waals surface area contributed by atoms with E-state index < -0.39 is 0 Å². The summed E-state index contributed by atoms with van der Waals surface area (Å²) in [6, 6.07) is 11.2. The summed E-state index contributed by atoms with van der Waals surface area (Å²) in [5.41, 5.74) is 0.219. The van der Waals surface area contributed by atoms with Crippen LogP contribution in [-0.2, 0) is 5.54 Å². The van der Waals surface area contributed by atoms with Crippen molar-refractivity contribution in [3.8, 4) is 0 Å². The summed E-state index contributed by atoms with van der Waals surface area (Å²) >= 11 is 1.99. The lowest BCUT2D eigenvalue weighted by molar-refractivity contribution is -0.0348. The molecule has 0 bridgehead atoms. The normalized spacial score (nSPS) is 29.0. The van der Waals surface area contributed by atoms with Gasteiger partial charge in [-0.15, -0.1) is 11.3 Å². The number of thiophene rings is 1. The number of benzene rings is 1. The molecule has 2 nitrogen and oxygen atoms in total. The van der Waals surface area contributed by atoms with Crippen molar-refractivity contribution < 1.29 is 5.11 Å². The Morgan fingerprint density at radius 1 is 1.17 bits per heavy atom. The van der Waals surface area contributed by atoms with Gasteiger partial charge in [-0.05, 0) is 42.7 Å². The number of hydrogen-bond donors (Lipinski definition) is 1. The van der Waals surface area contributed by atoms with Crippen LogP contribution in [0.25, 0.3) is 10.1 Å². The van der Waals surface area contributed by atoms with Crippen LogP contribution in [-0.4, -0.2) is 29.2 Å². The summed E-state index contributed by atoms with van der Waals surface area (Å²) in [6.07, 6.45) is 7.41. The van der Waals surface area contributed by atoms with Crippen molar-refractivity contribution >= 4 is 21.4 Å². The molecule has 1 aliphatic heterocycles. The first-order chi connectivity index (χ1) is 11.2. The summed E-state index contributed by atoms with van der Waals surface area (Å²) < 4.78 is 1.41. The Morgan fingerprint density at radius 3 is 2.70 bits per heavy atom. The zero-order valence-corrected chi connectivity index (χ0v) is 14.8. The van der Waals surface area contributed by atoms with E-state index in [0.717, 1.165) is 19.5 Å². The summed E-state index contributed by atoms with van der Waals surface area (Å²) in [7, 11) is 0. The summed E-state index contributed by atoms with van der Waals surface area (Å²) in [5.74, 6) is 0.386. The SMILES string of the molecule is CC1CN(C2(c3cc4ccccc4s3)CCCCC2)CCC1O. The van der Waals surface area contributed by atoms with Gasteiger partial charge >= 0.3 is 0 Å². The molecule has 2 aromatic rings. The number of likely N-dealkylation sites (tertiary alicyclic amines) is 1. The highest BCUT2D eigenvalue weighted by molar-refractivity contribution is 7.19. The fourth-order valence-corrected chi connectivity index (χ4v) is 5.93. The molecule has 2 unspecified atom stereocenters. The maximum Gasteiger partial charge on any atom is 0.0590 e. The average Bonchev–Trinajstić information content (AvgIpc) is 3.02. The monoisotopic (exact) mass is 329 g/mol. The molecule has 1 aromatic heterocycles. The lowest BCUT2D eigenvalue weighted by Gasteiger charge is -2.50. The molecule has 23 heavy (non-hydrogen) atoms. The van der Waals surface area contributed by atoms with E-state index in [1.807, 2.05) is 11.3 Å². The van der Waals surface area contributed by atoms with E-state index in [1.165, 1.54) is 42.2 Å². The Hall–Kier alpha value is -0.900. The van der Waals surface area contributed by atoms with Gasteiger partial charge in [-0.3, -0.25) is 4.90 Å². The van der Waals surface area contributed by atoms with E-state index in [1.54, 1.807) is 4.88 Å². The molecular formula is C20H27NOS. The van der Waals surface area contributed by atoms with Crippen LogP contribution in [0.5, 0.6) is 0 Å². The van der Waals surface area contributed by atoms with Crippen LogP contribution in [0.3, 0.4) is 0 Å². The van der Waals surface area contributed by atoms with Gasteiger partial charge in [0.15, 0.2) is 0 Å². The highest BCUT2D eigenvalue weighted by atomic mass is 32.1. The Bertz CT molecular complexity index is 640. The minimum atomic E-state index is -0.116. The first-order valence-electron chi connectivity index (χ1n) is 9.11. The molecule has 0 radical (unpaired) electrons. The zero-order chi connectivity index (χ0) is 15.9. The topological polar surface area (TPSA) is 23.5 Å². The second-order valence-corrected chi connectivity index (χ2v) is 8.60. The molecule has 1 N–H and O–H groups in total. The number of aliphatic hydroxyl groups is 1. The third-order valence-corrected chi connectivity index (χ3v) is 7.34. The predicted molar refractivity (Wildman–Crippen MR) is 97.9 cm³/mol. The third-order valence-electron chi connectivity index (χ3n) is 6.03. The maximum absolute atomic E-state index is 10.1. The second-order valence-electron chi connectivity index (χ2n) is 7.52. The average molecular weight is 330 g/mol. The van der Waals surface area contributed by atoms with Gasteiger partial charge in [0.1, 0.15) is 0 Å². The molecule has 4 rings (SSSR count). The van der Waals surface area contributed by atoms with Gasteiger partial charge in [0.25, 0.3) is 0 Å². The number of aliphatic hydroxyl groups excluding tert-OH is 1. The van der Waals surface area contributed by atoms with Crippen LogP contribution in [0.4, 0.5) is 0 Å². The van der Waals surface area contributed by atoms with Crippen molar-refractivity contribution in [1.82, 2.24) is 4.90 Å². The molecule has 2 heterocycles. The summed E-state index contributed by atoms with van der Waals surface area (Å²) in [4.78, 5) is 4.27. The maximum atomic E-state index is 10.1. The highest BCUT2D eigenvalue weighted by Gasteiger charge is 2.43. The molecule has 0 spiro atoms. The quantitative estimate of drug-likeness (QED) is 0.858. The highest BCUT2D eigenvalue weighted by Crippen LogP contribution is 2.47. The van der Waals surface area contributed by atoms with Gasteiger partial charge in [-0.2, -0.15) is 0 Å². The molecular weight excluding hydrogens is 302 g/mol. The second kappa shape index (κ2) is 6.19. The molecule has 3 heteroatoms. The Morgan fingerprint density at radius 2 is 1.96 bits per heavy atom. The van der Waals surface area contributed by atoms with E-state index >= 15 is 0 Å². The molecule has 2 aliphatic rings. The van der Waals surface area contributed by atoms with Gasteiger partial charge in [0, 0.05) is 22.7 Å². The van der Waals surface area contributed by atoms with Gasteiger partial charge in [0.05, 0.1) is 11.6 Å². The van der Waals surface area contributed by atoms with Crippen LogP contribution in [0.1, 0.15) is 50.3 Å². The molecule has 1 saturated carbocycles. The van der Waals surface area contributed by atoms with Crippen molar-refractivity contribution in [3.05, 3.63) is 35.2 Å². The van der Waals surface area contributed by atoms with Crippen LogP contribution in [0.15, 0.2) is 30.3 Å². The molecule has 0 amide bonds. The van der Waals surface area contributed by atoms with Gasteiger partial charge in [0.2, 0.25) is 0 Å². The van der Waals surface area contributed by atoms with Crippen LogP contribution in [0.2, 0.25) is 0 Å².